The number of nitrogens with one attached hydrogen (secondary N) is 1. The zero-order valence-electron chi connectivity index (χ0n) is 14.2. The first-order chi connectivity index (χ1) is 11.1. The summed E-state index contributed by atoms with van der Waals surface area (Å²) in [4.78, 5) is 16.3. The zero-order chi connectivity index (χ0) is 16.7. The van der Waals surface area contributed by atoms with E-state index in [0.717, 1.165) is 25.9 Å². The lowest BCUT2D eigenvalue weighted by Gasteiger charge is -2.38. The number of likely N-dealkylation sites (tertiary alicyclic amines) is 1. The molecule has 2 amide bonds. The van der Waals surface area contributed by atoms with Crippen LogP contribution in [0.2, 0.25) is 0 Å². The molecule has 0 spiro atoms. The Kier molecular flexibility index (Phi) is 6.86. The highest BCUT2D eigenvalue weighted by molar-refractivity contribution is 5.74. The van der Waals surface area contributed by atoms with Crippen molar-refractivity contribution in [1.82, 2.24) is 15.1 Å². The Morgan fingerprint density at radius 3 is 2.74 bits per heavy atom. The average Bonchev–Trinajstić information content (AvgIpc) is 2.56. The highest BCUT2D eigenvalue weighted by atomic mass is 16.3. The van der Waals surface area contributed by atoms with Crippen LogP contribution in [-0.2, 0) is 6.54 Å². The van der Waals surface area contributed by atoms with Gasteiger partial charge in [-0.1, -0.05) is 30.3 Å². The Morgan fingerprint density at radius 1 is 1.39 bits per heavy atom. The molecule has 2 N–H and O–H groups in total. The molecule has 23 heavy (non-hydrogen) atoms. The molecule has 1 saturated heterocycles. The van der Waals surface area contributed by atoms with Crippen LogP contribution < -0.4 is 5.32 Å². The van der Waals surface area contributed by atoms with Crippen molar-refractivity contribution in [2.75, 3.05) is 26.2 Å². The summed E-state index contributed by atoms with van der Waals surface area (Å²) in [6, 6.07) is 11.1. The van der Waals surface area contributed by atoms with E-state index in [4.69, 9.17) is 5.11 Å². The lowest BCUT2D eigenvalue weighted by molar-refractivity contribution is 0.123. The summed E-state index contributed by atoms with van der Waals surface area (Å²) in [6.45, 7) is 7.14. The third kappa shape index (κ3) is 5.22. The summed E-state index contributed by atoms with van der Waals surface area (Å²) in [5, 5.41) is 12.1. The van der Waals surface area contributed by atoms with Gasteiger partial charge in [0.2, 0.25) is 0 Å². The van der Waals surface area contributed by atoms with Gasteiger partial charge in [-0.3, -0.25) is 4.90 Å². The van der Waals surface area contributed by atoms with Crippen LogP contribution in [0.1, 0.15) is 32.3 Å². The molecular formula is C18H29N3O2. The van der Waals surface area contributed by atoms with Gasteiger partial charge in [0.1, 0.15) is 0 Å². The summed E-state index contributed by atoms with van der Waals surface area (Å²) < 4.78 is 0. The van der Waals surface area contributed by atoms with Crippen LogP contribution >= 0.6 is 0 Å². The molecule has 1 fully saturated rings. The second-order valence-corrected chi connectivity index (χ2v) is 6.28. The van der Waals surface area contributed by atoms with Crippen LogP contribution in [0.4, 0.5) is 4.79 Å². The van der Waals surface area contributed by atoms with Crippen LogP contribution in [0.3, 0.4) is 0 Å². The van der Waals surface area contributed by atoms with Crippen LogP contribution in [0.5, 0.6) is 0 Å². The molecule has 5 heteroatoms. The van der Waals surface area contributed by atoms with Gasteiger partial charge >= 0.3 is 6.03 Å². The average molecular weight is 319 g/mol. The predicted molar refractivity (Wildman–Crippen MR) is 92.2 cm³/mol. The molecule has 0 saturated carbocycles. The predicted octanol–water partition coefficient (Wildman–Crippen LogP) is 2.06. The topological polar surface area (TPSA) is 55.8 Å². The fourth-order valence-electron chi connectivity index (χ4n) is 3.19. The Hall–Kier alpha value is -1.59. The number of carbonyl (C=O) groups excluding carboxylic acids is 1. The van der Waals surface area contributed by atoms with E-state index in [1.54, 1.807) is 4.90 Å². The Labute approximate surface area is 139 Å². The third-order valence-electron chi connectivity index (χ3n) is 4.61. The lowest BCUT2D eigenvalue weighted by atomic mass is 9.97. The number of urea groups is 1. The normalized spacial score (nSPS) is 21.9. The molecule has 5 nitrogen and oxygen atoms in total. The summed E-state index contributed by atoms with van der Waals surface area (Å²) in [6.07, 6.45) is 1.94. The maximum absolute atomic E-state index is 12.2. The smallest absolute Gasteiger partial charge is 0.317 e. The number of hydrogen-bond acceptors (Lipinski definition) is 3. The maximum Gasteiger partial charge on any atom is 0.317 e. The van der Waals surface area contributed by atoms with Gasteiger partial charge in [0, 0.05) is 38.3 Å². The molecule has 2 atom stereocenters. The second-order valence-electron chi connectivity index (χ2n) is 6.28. The molecule has 1 aromatic carbocycles. The van der Waals surface area contributed by atoms with Crippen molar-refractivity contribution in [1.29, 1.82) is 0 Å². The van der Waals surface area contributed by atoms with Crippen LogP contribution in [-0.4, -0.2) is 59.3 Å². The minimum atomic E-state index is -0.0599. The zero-order valence-corrected chi connectivity index (χ0v) is 14.2. The molecule has 1 aliphatic heterocycles. The monoisotopic (exact) mass is 319 g/mol. The minimum absolute atomic E-state index is 0.00713. The Morgan fingerprint density at radius 2 is 2.13 bits per heavy atom. The van der Waals surface area contributed by atoms with Crippen molar-refractivity contribution in [3.05, 3.63) is 35.9 Å². The molecule has 1 aliphatic rings. The van der Waals surface area contributed by atoms with Gasteiger partial charge in [-0.15, -0.1) is 0 Å². The van der Waals surface area contributed by atoms with Crippen molar-refractivity contribution in [3.63, 3.8) is 0 Å². The van der Waals surface area contributed by atoms with Crippen molar-refractivity contribution in [2.45, 2.75) is 45.3 Å². The van der Waals surface area contributed by atoms with Gasteiger partial charge < -0.3 is 15.3 Å². The van der Waals surface area contributed by atoms with Crippen LogP contribution in [0, 0.1) is 0 Å². The molecule has 1 heterocycles. The first-order valence-corrected chi connectivity index (χ1v) is 8.58. The highest BCUT2D eigenvalue weighted by Crippen LogP contribution is 2.20. The van der Waals surface area contributed by atoms with Gasteiger partial charge in [0.15, 0.2) is 0 Å². The van der Waals surface area contributed by atoms with Crippen molar-refractivity contribution >= 4 is 6.03 Å². The van der Waals surface area contributed by atoms with Gasteiger partial charge in [0.05, 0.1) is 6.61 Å². The summed E-state index contributed by atoms with van der Waals surface area (Å²) >= 11 is 0. The molecule has 0 bridgehead atoms. The van der Waals surface area contributed by atoms with Gasteiger partial charge in [-0.05, 0) is 32.3 Å². The molecule has 2 rings (SSSR count). The van der Waals surface area contributed by atoms with E-state index in [1.165, 1.54) is 5.56 Å². The van der Waals surface area contributed by atoms with Crippen molar-refractivity contribution in [2.24, 2.45) is 0 Å². The summed E-state index contributed by atoms with van der Waals surface area (Å²) in [5.41, 5.74) is 1.34. The Bertz CT molecular complexity index is 480. The van der Waals surface area contributed by atoms with Gasteiger partial charge in [-0.25, -0.2) is 4.79 Å². The SMILES string of the molecule is CCN(CCO)C(=O)NC1CCN(Cc2ccccc2)C(C)C1. The first kappa shape index (κ1) is 17.8. The van der Waals surface area contributed by atoms with Gasteiger partial charge in [-0.2, -0.15) is 0 Å². The molecule has 0 aromatic heterocycles. The number of aliphatic hydroxyl groups is 1. The highest BCUT2D eigenvalue weighted by Gasteiger charge is 2.27. The number of amides is 2. The summed E-state index contributed by atoms with van der Waals surface area (Å²) in [5.74, 6) is 0. The quantitative estimate of drug-likeness (QED) is 0.844. The third-order valence-corrected chi connectivity index (χ3v) is 4.61. The number of nitrogens with zero attached hydrogens (tertiary/aromatic N) is 2. The van der Waals surface area contributed by atoms with Crippen molar-refractivity contribution in [3.8, 4) is 0 Å². The van der Waals surface area contributed by atoms with Crippen molar-refractivity contribution < 1.29 is 9.90 Å². The van der Waals surface area contributed by atoms with E-state index >= 15 is 0 Å². The van der Waals surface area contributed by atoms with E-state index in [-0.39, 0.29) is 18.7 Å². The molecule has 128 valence electrons. The molecule has 0 radical (unpaired) electrons. The number of aliphatic hydroxyl groups excluding tert-OH is 1. The summed E-state index contributed by atoms with van der Waals surface area (Å²) in [7, 11) is 0. The largest absolute Gasteiger partial charge is 0.395 e. The number of likely N-dealkylation sites (N-methyl/N-ethyl adjacent to an activating group) is 1. The van der Waals surface area contributed by atoms with E-state index < -0.39 is 0 Å². The molecule has 0 aliphatic carbocycles. The van der Waals surface area contributed by atoms with E-state index in [2.05, 4.69) is 41.4 Å². The van der Waals surface area contributed by atoms with Crippen LogP contribution in [0.15, 0.2) is 30.3 Å². The number of hydrogen-bond donors (Lipinski definition) is 2. The first-order valence-electron chi connectivity index (χ1n) is 8.58. The van der Waals surface area contributed by atoms with E-state index in [1.807, 2.05) is 13.0 Å². The number of benzene rings is 1. The lowest BCUT2D eigenvalue weighted by Crippen LogP contribution is -2.52. The fourth-order valence-corrected chi connectivity index (χ4v) is 3.19. The minimum Gasteiger partial charge on any atom is -0.395 e. The molecular weight excluding hydrogens is 290 g/mol. The number of piperidine rings is 1. The maximum atomic E-state index is 12.2. The Balaban J connectivity index is 1.82. The molecule has 1 aromatic rings. The van der Waals surface area contributed by atoms with E-state index in [0.29, 0.717) is 19.1 Å². The van der Waals surface area contributed by atoms with Gasteiger partial charge in [0.25, 0.3) is 0 Å². The fraction of sp³-hybridized carbons (Fsp3) is 0.611. The molecule has 2 unspecified atom stereocenters. The number of carbonyl (C=O) groups is 1. The van der Waals surface area contributed by atoms with E-state index in [9.17, 15) is 4.79 Å². The standard InChI is InChI=1S/C18H29N3O2/c1-3-20(11-12-22)18(23)19-17-9-10-21(15(2)13-17)14-16-7-5-4-6-8-16/h4-8,15,17,22H,3,9-14H2,1-2H3,(H,19,23). The van der Waals surface area contributed by atoms with Crippen LogP contribution in [0.25, 0.3) is 0 Å². The number of rotatable bonds is 6. The second kappa shape index (κ2) is 8.89.